The van der Waals surface area contributed by atoms with Crippen LogP contribution in [0.3, 0.4) is 0 Å². The van der Waals surface area contributed by atoms with E-state index in [2.05, 4.69) is 77.6 Å². The highest BCUT2D eigenvalue weighted by Gasteiger charge is 2.50. The first-order valence-electron chi connectivity index (χ1n) is 11.6. The summed E-state index contributed by atoms with van der Waals surface area (Å²) in [5, 5.41) is 3.69. The van der Waals surface area contributed by atoms with Crippen LogP contribution in [0.5, 0.6) is 0 Å². The van der Waals surface area contributed by atoms with E-state index >= 15 is 0 Å². The Bertz CT molecular complexity index is 1100. The van der Waals surface area contributed by atoms with Gasteiger partial charge in [0, 0.05) is 20.1 Å². The normalized spacial score (nSPS) is 19.5. The van der Waals surface area contributed by atoms with Crippen LogP contribution in [0.15, 0.2) is 22.5 Å². The van der Waals surface area contributed by atoms with Crippen molar-refractivity contribution in [3.05, 3.63) is 22.5 Å². The number of ether oxygens (including phenoxy) is 2. The number of carbonyl (C=O) groups is 2. The molecule has 0 aliphatic carbocycles. The molecule has 0 saturated carbocycles. The third kappa shape index (κ3) is 4.45. The minimum atomic E-state index is -2.61. The molecule has 4 nitrogen and oxygen atoms in total. The molecular formula is C24H38O4S2Si4. The maximum atomic E-state index is 13.4. The summed E-state index contributed by atoms with van der Waals surface area (Å²) >= 11 is 3.85. The van der Waals surface area contributed by atoms with E-state index in [-0.39, 0.29) is 11.9 Å². The van der Waals surface area contributed by atoms with Gasteiger partial charge in [-0.05, 0) is 19.4 Å². The fourth-order valence-corrected chi connectivity index (χ4v) is 20.6. The SMILES string of the molecule is COC(=O)/C1=C(\C(=O)OC)[Si](C)(C)c2cc([Si](C)(C)C)sc2-c2sc([Si](C)(C)C)cc2[Si]1(C)C. The van der Waals surface area contributed by atoms with Gasteiger partial charge in [0.2, 0.25) is 0 Å². The predicted octanol–water partition coefficient (Wildman–Crippen LogP) is 4.13. The van der Waals surface area contributed by atoms with Crippen LogP contribution in [0, 0.1) is 0 Å². The lowest BCUT2D eigenvalue weighted by Crippen LogP contribution is -2.57. The zero-order valence-corrected chi connectivity index (χ0v) is 28.2. The fraction of sp³-hybridized carbons (Fsp3) is 0.500. The second-order valence-corrected chi connectivity index (χ2v) is 33.7. The second kappa shape index (κ2) is 8.81. The van der Waals surface area contributed by atoms with Crippen molar-refractivity contribution in [2.75, 3.05) is 14.2 Å². The second-order valence-electron chi connectivity index (χ2n) is 12.2. The largest absolute Gasteiger partial charge is 0.466 e. The Morgan fingerprint density at radius 3 is 1.21 bits per heavy atom. The van der Waals surface area contributed by atoms with Crippen molar-refractivity contribution in [2.24, 2.45) is 0 Å². The molecule has 0 aromatic carbocycles. The van der Waals surface area contributed by atoms with E-state index in [4.69, 9.17) is 9.47 Å². The van der Waals surface area contributed by atoms with Gasteiger partial charge in [-0.2, -0.15) is 0 Å². The van der Waals surface area contributed by atoms with Crippen LogP contribution in [0.1, 0.15) is 0 Å². The van der Waals surface area contributed by atoms with Crippen LogP contribution in [-0.2, 0) is 19.1 Å². The van der Waals surface area contributed by atoms with E-state index in [9.17, 15) is 9.59 Å². The van der Waals surface area contributed by atoms with Gasteiger partial charge in [0.05, 0.1) is 30.4 Å². The highest BCUT2D eigenvalue weighted by Crippen LogP contribution is 2.39. The van der Waals surface area contributed by atoms with E-state index in [0.717, 1.165) is 0 Å². The Kier molecular flexibility index (Phi) is 7.13. The monoisotopic (exact) mass is 566 g/mol. The highest BCUT2D eigenvalue weighted by molar-refractivity contribution is 7.36. The van der Waals surface area contributed by atoms with Crippen molar-refractivity contribution in [1.29, 1.82) is 0 Å². The minimum absolute atomic E-state index is 0.381. The van der Waals surface area contributed by atoms with Crippen LogP contribution in [0.4, 0.5) is 0 Å². The summed E-state index contributed by atoms with van der Waals surface area (Å²) < 4.78 is 13.6. The van der Waals surface area contributed by atoms with Gasteiger partial charge < -0.3 is 9.47 Å². The van der Waals surface area contributed by atoms with Crippen LogP contribution >= 0.6 is 22.7 Å². The van der Waals surface area contributed by atoms with Crippen molar-refractivity contribution in [3.8, 4) is 9.75 Å². The molecule has 34 heavy (non-hydrogen) atoms. The van der Waals surface area contributed by atoms with Gasteiger partial charge in [-0.25, -0.2) is 9.59 Å². The van der Waals surface area contributed by atoms with Crippen molar-refractivity contribution in [1.82, 2.24) is 0 Å². The molecule has 2 aromatic rings. The van der Waals surface area contributed by atoms with Crippen molar-refractivity contribution in [3.63, 3.8) is 0 Å². The molecule has 0 atom stereocenters. The first-order chi connectivity index (χ1) is 15.4. The molecule has 0 saturated heterocycles. The van der Waals surface area contributed by atoms with Gasteiger partial charge in [0.25, 0.3) is 0 Å². The minimum Gasteiger partial charge on any atom is -0.466 e. The van der Waals surface area contributed by atoms with Crippen LogP contribution in [-0.4, -0.2) is 58.5 Å². The Morgan fingerprint density at radius 2 is 0.971 bits per heavy atom. The van der Waals surface area contributed by atoms with Crippen LogP contribution in [0.2, 0.25) is 65.5 Å². The van der Waals surface area contributed by atoms with E-state index in [1.807, 2.05) is 22.7 Å². The molecule has 1 aliphatic rings. The Morgan fingerprint density at radius 1 is 0.676 bits per heavy atom. The molecule has 0 radical (unpaired) electrons. The number of thiophene rings is 2. The molecule has 1 aliphatic heterocycles. The lowest BCUT2D eigenvalue weighted by atomic mass is 10.4. The smallest absolute Gasteiger partial charge is 0.330 e. The number of carbonyl (C=O) groups excluding carboxylic acids is 2. The Labute approximate surface area is 216 Å². The molecular weight excluding hydrogens is 529 g/mol. The zero-order chi connectivity index (χ0) is 26.0. The molecule has 0 N–H and O–H groups in total. The van der Waals surface area contributed by atoms with Gasteiger partial charge in [-0.3, -0.25) is 0 Å². The van der Waals surface area contributed by atoms with Gasteiger partial charge in [0.15, 0.2) is 0 Å². The lowest BCUT2D eigenvalue weighted by Gasteiger charge is -2.35. The van der Waals surface area contributed by atoms with Gasteiger partial charge in [-0.15, -0.1) is 22.7 Å². The number of fused-ring (bicyclic) bond motifs is 3. The third-order valence-electron chi connectivity index (χ3n) is 6.77. The summed E-state index contributed by atoms with van der Waals surface area (Å²) in [5.41, 5.74) is 0. The summed E-state index contributed by atoms with van der Waals surface area (Å²) in [5.74, 6) is -0.762. The van der Waals surface area contributed by atoms with E-state index in [1.54, 1.807) is 0 Å². The summed E-state index contributed by atoms with van der Waals surface area (Å²) in [6.07, 6.45) is 0. The number of esters is 2. The number of rotatable bonds is 4. The number of hydrogen-bond acceptors (Lipinski definition) is 6. The quantitative estimate of drug-likeness (QED) is 0.413. The van der Waals surface area contributed by atoms with Crippen molar-refractivity contribution >= 4 is 86.3 Å². The summed E-state index contributed by atoms with van der Waals surface area (Å²) in [7, 11) is -5.57. The predicted molar refractivity (Wildman–Crippen MR) is 159 cm³/mol. The molecule has 0 unspecified atom stereocenters. The number of methoxy groups -OCH3 is 2. The molecule has 2 aromatic heterocycles. The molecule has 10 heteroatoms. The zero-order valence-electron chi connectivity index (χ0n) is 22.6. The van der Waals surface area contributed by atoms with E-state index in [0.29, 0.717) is 10.4 Å². The third-order valence-corrected chi connectivity index (χ3v) is 23.9. The summed E-state index contributed by atoms with van der Waals surface area (Å²) in [6.45, 7) is 23.0. The van der Waals surface area contributed by atoms with Crippen LogP contribution < -0.4 is 19.4 Å². The Hall–Kier alpha value is -1.05. The maximum absolute atomic E-state index is 13.4. The molecule has 0 amide bonds. The van der Waals surface area contributed by atoms with E-state index in [1.165, 1.54) is 43.3 Å². The molecule has 3 rings (SSSR count). The number of hydrogen-bond donors (Lipinski definition) is 0. The summed E-state index contributed by atoms with van der Waals surface area (Å²) in [6, 6.07) is 4.74. The first-order valence-corrected chi connectivity index (χ1v) is 26.2. The molecule has 0 fully saturated rings. The average Bonchev–Trinajstić information content (AvgIpc) is 3.34. The van der Waals surface area contributed by atoms with Gasteiger partial charge in [-0.1, -0.05) is 77.6 Å². The standard InChI is InChI=1S/C24H38O4S2Si4/c1-27-23(25)21-22(24(26)28-2)34(11,12)16-14-18(32(6,7)8)30-20(16)19-15(33(21,9)10)13-17(29-19)31(3,4)5/h13-14H,1-12H3/b22-21-. The molecule has 0 spiro atoms. The van der Waals surface area contributed by atoms with Gasteiger partial charge >= 0.3 is 11.9 Å². The topological polar surface area (TPSA) is 52.6 Å². The maximum Gasteiger partial charge on any atom is 0.330 e. The van der Waals surface area contributed by atoms with E-state index < -0.39 is 32.3 Å². The highest BCUT2D eigenvalue weighted by atomic mass is 32.1. The van der Waals surface area contributed by atoms with Gasteiger partial charge in [0.1, 0.15) is 16.1 Å². The fourth-order valence-electron chi connectivity index (χ4n) is 4.60. The van der Waals surface area contributed by atoms with Crippen molar-refractivity contribution < 1.29 is 19.1 Å². The average molecular weight is 567 g/mol. The lowest BCUT2D eigenvalue weighted by molar-refractivity contribution is -0.138. The molecule has 3 heterocycles. The van der Waals surface area contributed by atoms with Crippen LogP contribution in [0.25, 0.3) is 9.75 Å². The summed E-state index contributed by atoms with van der Waals surface area (Å²) in [4.78, 5) is 29.5. The molecule has 186 valence electrons. The Balaban J connectivity index is 2.62. The van der Waals surface area contributed by atoms with Crippen molar-refractivity contribution in [2.45, 2.75) is 65.5 Å². The molecule has 0 bridgehead atoms. The first kappa shape index (κ1) is 27.5.